The SMILES string of the molecule is Cc1cc2c(cc1O)[C@H](C)CC[C@@H]2[C@H](C)CO. The highest BCUT2D eigenvalue weighted by Crippen LogP contribution is 2.44. The van der Waals surface area contributed by atoms with E-state index in [1.807, 2.05) is 13.0 Å². The van der Waals surface area contributed by atoms with Crippen molar-refractivity contribution in [2.24, 2.45) is 5.92 Å². The predicted octanol–water partition coefficient (Wildman–Crippen LogP) is 3.31. The lowest BCUT2D eigenvalue weighted by Gasteiger charge is -2.33. The van der Waals surface area contributed by atoms with E-state index in [1.54, 1.807) is 0 Å². The Kier molecular flexibility index (Phi) is 3.43. The third-order valence-electron chi connectivity index (χ3n) is 4.22. The highest BCUT2D eigenvalue weighted by Gasteiger charge is 2.29. The molecule has 0 heterocycles. The number of phenolic OH excluding ortho intramolecular Hbond substituents is 1. The first-order chi connectivity index (χ1) is 8.04. The van der Waals surface area contributed by atoms with Crippen LogP contribution >= 0.6 is 0 Å². The first-order valence-corrected chi connectivity index (χ1v) is 6.48. The largest absolute Gasteiger partial charge is 0.508 e. The molecule has 2 heteroatoms. The molecule has 0 fully saturated rings. The number of fused-ring (bicyclic) bond motifs is 1. The van der Waals surface area contributed by atoms with Crippen LogP contribution in [0.3, 0.4) is 0 Å². The molecule has 0 unspecified atom stereocenters. The summed E-state index contributed by atoms with van der Waals surface area (Å²) in [5.41, 5.74) is 3.54. The van der Waals surface area contributed by atoms with E-state index < -0.39 is 0 Å². The van der Waals surface area contributed by atoms with E-state index in [4.69, 9.17) is 0 Å². The van der Waals surface area contributed by atoms with Crippen molar-refractivity contribution in [1.29, 1.82) is 0 Å². The van der Waals surface area contributed by atoms with Gasteiger partial charge in [0.15, 0.2) is 0 Å². The van der Waals surface area contributed by atoms with E-state index in [0.717, 1.165) is 18.4 Å². The van der Waals surface area contributed by atoms with Gasteiger partial charge in [0.2, 0.25) is 0 Å². The Hall–Kier alpha value is -1.02. The monoisotopic (exact) mass is 234 g/mol. The molecule has 0 aromatic heterocycles. The second-order valence-electron chi connectivity index (χ2n) is 5.51. The third-order valence-corrected chi connectivity index (χ3v) is 4.22. The van der Waals surface area contributed by atoms with Crippen molar-refractivity contribution in [2.45, 2.75) is 45.4 Å². The van der Waals surface area contributed by atoms with Crippen molar-refractivity contribution >= 4 is 0 Å². The van der Waals surface area contributed by atoms with Crippen molar-refractivity contribution in [3.05, 3.63) is 28.8 Å². The van der Waals surface area contributed by atoms with Crippen molar-refractivity contribution in [2.75, 3.05) is 6.61 Å². The van der Waals surface area contributed by atoms with E-state index in [9.17, 15) is 10.2 Å². The molecule has 0 saturated heterocycles. The standard InChI is InChI=1S/C15H22O2/c1-9-4-5-12(11(3)8-16)14-6-10(2)15(17)7-13(9)14/h6-7,9,11-12,16-17H,4-5,8H2,1-3H3/t9-,11-,12-/m1/s1. The van der Waals surface area contributed by atoms with Crippen molar-refractivity contribution < 1.29 is 10.2 Å². The number of phenols is 1. The summed E-state index contributed by atoms with van der Waals surface area (Å²) in [7, 11) is 0. The Bertz CT molecular complexity index is 412. The molecule has 3 atom stereocenters. The maximum Gasteiger partial charge on any atom is 0.118 e. The van der Waals surface area contributed by atoms with Gasteiger partial charge in [-0.15, -0.1) is 0 Å². The molecule has 0 spiro atoms. The van der Waals surface area contributed by atoms with Gasteiger partial charge in [-0.05, 0) is 60.3 Å². The Morgan fingerprint density at radius 2 is 2.00 bits per heavy atom. The van der Waals surface area contributed by atoms with Crippen LogP contribution in [0.25, 0.3) is 0 Å². The summed E-state index contributed by atoms with van der Waals surface area (Å²) in [4.78, 5) is 0. The number of aliphatic hydroxyl groups is 1. The van der Waals surface area contributed by atoms with Gasteiger partial charge in [0.1, 0.15) is 5.75 Å². The van der Waals surface area contributed by atoms with E-state index in [2.05, 4.69) is 19.9 Å². The molecule has 0 amide bonds. The van der Waals surface area contributed by atoms with Gasteiger partial charge in [-0.2, -0.15) is 0 Å². The minimum Gasteiger partial charge on any atom is -0.508 e. The zero-order valence-electron chi connectivity index (χ0n) is 10.9. The fourth-order valence-electron chi connectivity index (χ4n) is 2.94. The summed E-state index contributed by atoms with van der Waals surface area (Å²) in [6.07, 6.45) is 2.28. The van der Waals surface area contributed by atoms with Gasteiger partial charge in [0, 0.05) is 6.61 Å². The fraction of sp³-hybridized carbons (Fsp3) is 0.600. The van der Waals surface area contributed by atoms with Crippen molar-refractivity contribution in [3.63, 3.8) is 0 Å². The highest BCUT2D eigenvalue weighted by molar-refractivity contribution is 5.45. The summed E-state index contributed by atoms with van der Waals surface area (Å²) < 4.78 is 0. The molecule has 1 aliphatic carbocycles. The van der Waals surface area contributed by atoms with Crippen LogP contribution in [0, 0.1) is 12.8 Å². The Morgan fingerprint density at radius 1 is 1.29 bits per heavy atom. The molecule has 1 aliphatic rings. The van der Waals surface area contributed by atoms with Crippen LogP contribution < -0.4 is 0 Å². The Morgan fingerprint density at radius 3 is 2.65 bits per heavy atom. The zero-order valence-corrected chi connectivity index (χ0v) is 10.9. The quantitative estimate of drug-likeness (QED) is 0.824. The molecule has 17 heavy (non-hydrogen) atoms. The molecule has 0 aliphatic heterocycles. The second kappa shape index (κ2) is 4.69. The van der Waals surface area contributed by atoms with Gasteiger partial charge in [-0.25, -0.2) is 0 Å². The number of aliphatic hydroxyl groups excluding tert-OH is 1. The molecule has 2 rings (SSSR count). The lowest BCUT2D eigenvalue weighted by molar-refractivity contribution is 0.206. The van der Waals surface area contributed by atoms with Gasteiger partial charge in [0.05, 0.1) is 0 Å². The summed E-state index contributed by atoms with van der Waals surface area (Å²) in [5, 5.41) is 19.2. The predicted molar refractivity (Wildman–Crippen MR) is 69.5 cm³/mol. The lowest BCUT2D eigenvalue weighted by atomic mass is 9.72. The van der Waals surface area contributed by atoms with E-state index in [1.165, 1.54) is 11.1 Å². The van der Waals surface area contributed by atoms with Gasteiger partial charge in [-0.3, -0.25) is 0 Å². The van der Waals surface area contributed by atoms with Crippen molar-refractivity contribution in [3.8, 4) is 5.75 Å². The maximum absolute atomic E-state index is 9.83. The maximum atomic E-state index is 9.83. The smallest absolute Gasteiger partial charge is 0.118 e. The van der Waals surface area contributed by atoms with Crippen LogP contribution in [0.5, 0.6) is 5.75 Å². The Balaban J connectivity index is 2.47. The molecule has 2 N–H and O–H groups in total. The van der Waals surface area contributed by atoms with Crippen LogP contribution in [0.2, 0.25) is 0 Å². The fourth-order valence-corrected chi connectivity index (χ4v) is 2.94. The minimum absolute atomic E-state index is 0.235. The minimum atomic E-state index is 0.235. The topological polar surface area (TPSA) is 40.5 Å². The number of aryl methyl sites for hydroxylation is 1. The Labute approximate surface area is 103 Å². The molecule has 2 nitrogen and oxygen atoms in total. The second-order valence-corrected chi connectivity index (χ2v) is 5.51. The summed E-state index contributed by atoms with van der Waals surface area (Å²) in [6.45, 7) is 6.49. The molecule has 0 radical (unpaired) electrons. The van der Waals surface area contributed by atoms with Gasteiger partial charge in [0.25, 0.3) is 0 Å². The summed E-state index contributed by atoms with van der Waals surface area (Å²) in [6, 6.07) is 4.03. The van der Waals surface area contributed by atoms with E-state index in [-0.39, 0.29) is 6.61 Å². The summed E-state index contributed by atoms with van der Waals surface area (Å²) >= 11 is 0. The average Bonchev–Trinajstić information content (AvgIpc) is 2.31. The molecule has 1 aromatic carbocycles. The number of hydrogen-bond donors (Lipinski definition) is 2. The number of benzene rings is 1. The highest BCUT2D eigenvalue weighted by atomic mass is 16.3. The molecule has 0 bridgehead atoms. The van der Waals surface area contributed by atoms with Crippen LogP contribution in [0.4, 0.5) is 0 Å². The lowest BCUT2D eigenvalue weighted by Crippen LogP contribution is -2.20. The van der Waals surface area contributed by atoms with Gasteiger partial charge >= 0.3 is 0 Å². The van der Waals surface area contributed by atoms with Crippen LogP contribution in [-0.4, -0.2) is 16.8 Å². The van der Waals surface area contributed by atoms with Crippen LogP contribution in [0.15, 0.2) is 12.1 Å². The first kappa shape index (κ1) is 12.4. The number of hydrogen-bond acceptors (Lipinski definition) is 2. The van der Waals surface area contributed by atoms with Crippen molar-refractivity contribution in [1.82, 2.24) is 0 Å². The normalized spacial score (nSPS) is 25.4. The van der Waals surface area contributed by atoms with Gasteiger partial charge in [-0.1, -0.05) is 19.9 Å². The number of aromatic hydroxyl groups is 1. The van der Waals surface area contributed by atoms with Crippen LogP contribution in [0.1, 0.15) is 55.2 Å². The molecule has 0 saturated carbocycles. The molecule has 1 aromatic rings. The first-order valence-electron chi connectivity index (χ1n) is 6.48. The average molecular weight is 234 g/mol. The van der Waals surface area contributed by atoms with E-state index in [0.29, 0.717) is 23.5 Å². The van der Waals surface area contributed by atoms with E-state index >= 15 is 0 Å². The summed E-state index contributed by atoms with van der Waals surface area (Å²) in [5.74, 6) is 1.64. The number of rotatable bonds is 2. The molecular weight excluding hydrogens is 212 g/mol. The molecular formula is C15H22O2. The van der Waals surface area contributed by atoms with Gasteiger partial charge < -0.3 is 10.2 Å². The molecule has 94 valence electrons. The van der Waals surface area contributed by atoms with Crippen LogP contribution in [-0.2, 0) is 0 Å². The third kappa shape index (κ3) is 2.19. The zero-order chi connectivity index (χ0) is 12.6.